The fourth-order valence-corrected chi connectivity index (χ4v) is 7.76. The average Bonchev–Trinajstić information content (AvgIpc) is 3.39. The van der Waals surface area contributed by atoms with E-state index in [1.165, 1.54) is 33.6 Å². The van der Waals surface area contributed by atoms with E-state index in [1.54, 1.807) is 0 Å². The average molecular weight is 668 g/mol. The van der Waals surface area contributed by atoms with Crippen LogP contribution in [0.1, 0.15) is 75.1 Å². The predicted molar refractivity (Wildman–Crippen MR) is 210 cm³/mol. The first-order chi connectivity index (χ1) is 24.5. The Hall–Kier alpha value is -4.80. The Morgan fingerprint density at radius 1 is 0.820 bits per heavy atom. The first-order valence-corrected chi connectivity index (χ1v) is 18.3. The lowest BCUT2D eigenvalue weighted by molar-refractivity contribution is -0.540. The third kappa shape index (κ3) is 8.86. The van der Waals surface area contributed by atoms with E-state index in [4.69, 9.17) is 0 Å². The van der Waals surface area contributed by atoms with Gasteiger partial charge in [-0.1, -0.05) is 149 Å². The molecule has 0 aliphatic carbocycles. The number of ketones is 1. The molecule has 2 N–H and O–H groups in total. The lowest BCUT2D eigenvalue weighted by atomic mass is 9.69. The fraction of sp³-hybridized carbons (Fsp3) is 0.304. The summed E-state index contributed by atoms with van der Waals surface area (Å²) < 4.78 is 0. The van der Waals surface area contributed by atoms with Gasteiger partial charge in [0.1, 0.15) is 5.69 Å². The molecular weight excluding hydrogens is 613 g/mol. The first kappa shape index (κ1) is 38.0. The number of benzene rings is 4. The van der Waals surface area contributed by atoms with Gasteiger partial charge in [-0.15, -0.1) is 0 Å². The molecule has 4 nitrogen and oxygen atoms in total. The molecule has 0 saturated carbocycles. The van der Waals surface area contributed by atoms with Gasteiger partial charge in [-0.05, 0) is 67.0 Å². The van der Waals surface area contributed by atoms with Crippen LogP contribution >= 0.6 is 0 Å². The van der Waals surface area contributed by atoms with Crippen LogP contribution in [0.15, 0.2) is 145 Å². The predicted octanol–water partition coefficient (Wildman–Crippen LogP) is 9.38. The molecule has 260 valence electrons. The van der Waals surface area contributed by atoms with Crippen molar-refractivity contribution in [2.24, 2.45) is 0 Å². The highest BCUT2D eigenvalue weighted by Gasteiger charge is 2.45. The molecule has 1 aliphatic rings. The number of fused-ring (bicyclic) bond motifs is 1. The van der Waals surface area contributed by atoms with Crippen molar-refractivity contribution in [3.8, 4) is 0 Å². The minimum atomic E-state index is -0.356. The maximum atomic E-state index is 12.3. The Morgan fingerprint density at radius 2 is 1.46 bits per heavy atom. The van der Waals surface area contributed by atoms with Gasteiger partial charge in [-0.2, -0.15) is 0 Å². The number of anilines is 1. The summed E-state index contributed by atoms with van der Waals surface area (Å²) in [6, 6.07) is 38.6. The molecule has 0 aromatic heterocycles. The van der Waals surface area contributed by atoms with E-state index in [0.717, 1.165) is 37.8 Å². The van der Waals surface area contributed by atoms with Crippen LogP contribution in [0.4, 0.5) is 11.4 Å². The van der Waals surface area contributed by atoms with E-state index in [9.17, 15) is 9.59 Å². The molecule has 1 heterocycles. The van der Waals surface area contributed by atoms with Gasteiger partial charge in [0, 0.05) is 41.2 Å². The zero-order chi connectivity index (χ0) is 35.8. The molecule has 1 aliphatic heterocycles. The Morgan fingerprint density at radius 3 is 2.14 bits per heavy atom. The highest BCUT2D eigenvalue weighted by molar-refractivity contribution is 6.24. The van der Waals surface area contributed by atoms with Crippen molar-refractivity contribution < 1.29 is 14.9 Å². The van der Waals surface area contributed by atoms with E-state index in [0.29, 0.717) is 12.7 Å². The number of aldehydes is 1. The number of carbonyl (C=O) groups is 2. The number of Topliss-reactive ketones (excluding diaryl/α,β-unsaturated/α-hetero) is 1. The smallest absolute Gasteiger partial charge is 0.195 e. The van der Waals surface area contributed by atoms with Gasteiger partial charge >= 0.3 is 0 Å². The van der Waals surface area contributed by atoms with Crippen molar-refractivity contribution >= 4 is 23.4 Å². The van der Waals surface area contributed by atoms with Crippen LogP contribution in [0, 0.1) is 0 Å². The highest BCUT2D eigenvalue weighted by Crippen LogP contribution is 2.51. The van der Waals surface area contributed by atoms with E-state index in [1.807, 2.05) is 19.9 Å². The van der Waals surface area contributed by atoms with Gasteiger partial charge in [0.2, 0.25) is 0 Å². The number of hydrogen-bond donors (Lipinski definition) is 1. The van der Waals surface area contributed by atoms with Crippen molar-refractivity contribution in [2.45, 2.75) is 76.5 Å². The summed E-state index contributed by atoms with van der Waals surface area (Å²) in [5.41, 5.74) is 8.46. The van der Waals surface area contributed by atoms with Crippen LogP contribution in [-0.2, 0) is 33.3 Å². The van der Waals surface area contributed by atoms with Crippen molar-refractivity contribution in [1.82, 2.24) is 0 Å². The Labute approximate surface area is 300 Å². The topological polar surface area (TPSA) is 54.0 Å². The van der Waals surface area contributed by atoms with Crippen LogP contribution in [0.3, 0.4) is 0 Å². The minimum Gasteiger partial charge on any atom is -0.347 e. The number of rotatable bonds is 16. The second-order valence-electron chi connectivity index (χ2n) is 13.0. The second-order valence-corrected chi connectivity index (χ2v) is 13.0. The van der Waals surface area contributed by atoms with Crippen LogP contribution in [0.2, 0.25) is 0 Å². The number of allylic oxidation sites excluding steroid dienone is 6. The van der Waals surface area contributed by atoms with Gasteiger partial charge in [0.05, 0.1) is 7.05 Å². The van der Waals surface area contributed by atoms with Crippen LogP contribution in [-0.4, -0.2) is 26.2 Å². The van der Waals surface area contributed by atoms with Gasteiger partial charge in [0.25, 0.3) is 0 Å². The molecule has 5 rings (SSSR count). The minimum absolute atomic E-state index is 0.105. The molecule has 2 unspecified atom stereocenters. The summed E-state index contributed by atoms with van der Waals surface area (Å²) in [4.78, 5) is 26.1. The lowest BCUT2D eigenvalue weighted by Crippen LogP contribution is -2.73. The number of quaternary nitrogens is 1. The van der Waals surface area contributed by atoms with Crippen LogP contribution < -0.4 is 10.2 Å². The Balaban J connectivity index is 0.00000276. The first-order valence-electron chi connectivity index (χ1n) is 18.3. The van der Waals surface area contributed by atoms with Gasteiger partial charge in [-0.25, -0.2) is 0 Å². The summed E-state index contributed by atoms with van der Waals surface area (Å²) in [6.07, 6.45) is 16.8. The number of nitrogens with zero attached hydrogens (tertiary/aromatic N) is 1. The SMILES string of the molecule is CC.CCCC1(Cc2ccccc2)/C(=C/C=C/C=C/CC(CCC(=O)C=O)(Cc2ccccc2)c2ccccc2[NH2+]C)N(C)c2ccccc21. The molecule has 4 aromatic rings. The zero-order valence-electron chi connectivity index (χ0n) is 30.6. The maximum absolute atomic E-state index is 12.3. The molecule has 4 aromatic carbocycles. The van der Waals surface area contributed by atoms with Crippen molar-refractivity contribution in [3.05, 3.63) is 168 Å². The van der Waals surface area contributed by atoms with E-state index in [2.05, 4.69) is 165 Å². The largest absolute Gasteiger partial charge is 0.347 e. The number of likely N-dealkylation sites (N-methyl/N-ethyl adjacent to an activating group) is 1. The number of hydrogen-bond acceptors (Lipinski definition) is 3. The second kappa shape index (κ2) is 18.8. The third-order valence-electron chi connectivity index (χ3n) is 9.99. The Bertz CT molecular complexity index is 1760. The van der Waals surface area contributed by atoms with Crippen molar-refractivity contribution in [1.29, 1.82) is 0 Å². The quantitative estimate of drug-likeness (QED) is 0.0561. The third-order valence-corrected chi connectivity index (χ3v) is 9.99. The summed E-state index contributed by atoms with van der Waals surface area (Å²) in [5.74, 6) is -0.353. The molecule has 0 radical (unpaired) electrons. The highest BCUT2D eigenvalue weighted by atomic mass is 16.2. The zero-order valence-corrected chi connectivity index (χ0v) is 30.6. The number of para-hydroxylation sites is 2. The molecule has 2 atom stereocenters. The van der Waals surface area contributed by atoms with Crippen molar-refractivity contribution in [3.63, 3.8) is 0 Å². The molecule has 0 bridgehead atoms. The van der Waals surface area contributed by atoms with Gasteiger partial charge in [0.15, 0.2) is 12.1 Å². The van der Waals surface area contributed by atoms with Gasteiger partial charge in [-0.3, -0.25) is 9.59 Å². The number of carbonyl (C=O) groups excluding carboxylic acids is 2. The molecule has 0 fully saturated rings. The summed E-state index contributed by atoms with van der Waals surface area (Å²) in [5, 5.41) is 2.14. The summed E-state index contributed by atoms with van der Waals surface area (Å²) in [7, 11) is 4.25. The van der Waals surface area contributed by atoms with Crippen LogP contribution in [0.5, 0.6) is 0 Å². The van der Waals surface area contributed by atoms with E-state index < -0.39 is 0 Å². The summed E-state index contributed by atoms with van der Waals surface area (Å²) in [6.45, 7) is 6.28. The number of nitrogens with two attached hydrogens (primary N) is 1. The fourth-order valence-electron chi connectivity index (χ4n) is 7.76. The van der Waals surface area contributed by atoms with E-state index >= 15 is 0 Å². The van der Waals surface area contributed by atoms with E-state index in [-0.39, 0.29) is 23.0 Å². The Kier molecular flexibility index (Phi) is 14.3. The van der Waals surface area contributed by atoms with Crippen LogP contribution in [0.25, 0.3) is 0 Å². The molecule has 0 amide bonds. The lowest BCUT2D eigenvalue weighted by Gasteiger charge is -2.34. The van der Waals surface area contributed by atoms with Crippen molar-refractivity contribution in [2.75, 3.05) is 19.0 Å². The maximum Gasteiger partial charge on any atom is 0.195 e. The molecule has 4 heteroatoms. The normalized spacial score (nSPS) is 17.4. The molecular formula is C46H55N2O2+. The van der Waals surface area contributed by atoms with Gasteiger partial charge < -0.3 is 10.2 Å². The molecule has 50 heavy (non-hydrogen) atoms. The monoisotopic (exact) mass is 667 g/mol. The molecule has 0 saturated heterocycles. The standard InChI is InChI=1S/C44H48N2O2.C2H6/c1-4-29-44(33-36-21-11-8-12-22-36)39-24-15-17-26-41(39)46(3)42(44)27-13-5-6-18-30-43(31-28-37(48)34-47,32-35-19-9-7-10-20-35)38-23-14-16-25-40(38)45-2;1-2/h5-27,34,45H,4,28-33H2,1-3H3;1-2H3/p+1/b13-5+,18-6+,42-27-;. The molecule has 0 spiro atoms. The summed E-state index contributed by atoms with van der Waals surface area (Å²) >= 11 is 0.